The Bertz CT molecular complexity index is 3780. The van der Waals surface area contributed by atoms with Crippen LogP contribution in [0.1, 0.15) is 85.8 Å². The first kappa shape index (κ1) is 79.8. The van der Waals surface area contributed by atoms with Crippen LogP contribution in [0.5, 0.6) is 0 Å². The number of carbonyl (C=O) groups excluding carboxylic acids is 6. The van der Waals surface area contributed by atoms with Crippen LogP contribution in [0.4, 0.5) is 14.4 Å². The molecule has 3 N–H and O–H groups in total. The van der Waals surface area contributed by atoms with Gasteiger partial charge in [0.05, 0.1) is 31.3 Å². The number of hydrogen-bond donors (Lipinski definition) is 3. The summed E-state index contributed by atoms with van der Waals surface area (Å²) in [5.74, 6) is 0.564. The third-order valence-corrected chi connectivity index (χ3v) is 23.4. The summed E-state index contributed by atoms with van der Waals surface area (Å²) in [6, 6.07) is 47.8. The van der Waals surface area contributed by atoms with Gasteiger partial charge in [-0.05, 0) is 87.5 Å². The summed E-state index contributed by atoms with van der Waals surface area (Å²) in [6.45, 7) is 8.90. The fraction of sp³-hybridized carbons (Fsp3) is 0.391. The molecule has 6 aromatic carbocycles. The molecule has 0 heterocycles. The Hall–Kier alpha value is -6.48. The number of carbonyl (C=O) groups is 6. The number of hydrogen-bond acceptors (Lipinski definition) is 24. The number of benzene rings is 6. The van der Waals surface area contributed by atoms with Crippen LogP contribution in [0, 0.1) is 5.41 Å². The van der Waals surface area contributed by atoms with E-state index in [9.17, 15) is 42.5 Å². The molecule has 3 amide bonds. The number of amides is 3. The third kappa shape index (κ3) is 21.8. The van der Waals surface area contributed by atoms with E-state index < -0.39 is 58.7 Å². The van der Waals surface area contributed by atoms with Gasteiger partial charge in [0.15, 0.2) is 5.12 Å². The molecule has 534 valence electrons. The predicted molar refractivity (Wildman–Crippen MR) is 382 cm³/mol. The Morgan fingerprint density at radius 3 is 1.02 bits per heavy atom. The third-order valence-electron chi connectivity index (χ3n) is 15.9. The smallest absolute Gasteiger partial charge is 0.449 e. The van der Waals surface area contributed by atoms with Gasteiger partial charge in [-0.3, -0.25) is 55.1 Å². The maximum Gasteiger partial charge on any atom is 0.474 e. The number of nitrogens with one attached hydrogen (secondary N) is 3. The van der Waals surface area contributed by atoms with Crippen molar-refractivity contribution in [2.24, 2.45) is 5.41 Å². The molecule has 0 spiro atoms. The van der Waals surface area contributed by atoms with Crippen molar-refractivity contribution in [3.8, 4) is 33.4 Å². The molecule has 0 radical (unpaired) electrons. The first-order valence-electron chi connectivity index (χ1n) is 31.2. The summed E-state index contributed by atoms with van der Waals surface area (Å²) in [4.78, 5) is 74.5. The maximum atomic E-state index is 12.6. The molecular formula is C69H84N3O21P3S3. The standard InChI is InChI=1S/C24H30NO7PS.C23H28NO7PS.C22H26NO7PS/c1-24(2,22(26)34-14-13-32-33(28,29-3)30-4)16-25-23(27)31-15-21-19-11-7-5-9-17(19)18-10-6-8-12-20(18)21;1-23(2,21(25)33-14-13-31-32(27,28-3)29-4)24-22(26)30-15-20-18-11-7-5-9-16(18)17-10-6-8-12-19(17)20;1-15(21(24)32-13-12-30-31(26,27-2)28-3)23-22(25)29-14-20-18-10-6-4-8-16(18)17-9-5-7-11-19(17)20/h5-12,21H,13-16H2,1-4H3,(H,25,27);5-12,20H,13-15H2,1-4H3,(H,24,26);4-11,15,20H,12-14H2,1-3H3,(H,23,25). The van der Waals surface area contributed by atoms with Gasteiger partial charge < -0.3 is 30.2 Å². The molecule has 1 unspecified atom stereocenters. The molecule has 0 bridgehead atoms. The highest BCUT2D eigenvalue weighted by Gasteiger charge is 2.36. The lowest BCUT2D eigenvalue weighted by Crippen LogP contribution is -2.49. The van der Waals surface area contributed by atoms with Crippen LogP contribution in [0.3, 0.4) is 0 Å². The normalized spacial score (nSPS) is 13.5. The molecule has 0 saturated carbocycles. The second-order valence-electron chi connectivity index (χ2n) is 23.2. The molecule has 1 atom stereocenters. The Labute approximate surface area is 590 Å². The van der Waals surface area contributed by atoms with Gasteiger partial charge in [-0.1, -0.05) is 195 Å². The predicted octanol–water partition coefficient (Wildman–Crippen LogP) is 14.8. The molecule has 0 aliphatic heterocycles. The topological polar surface area (TPSA) is 300 Å². The lowest BCUT2D eigenvalue weighted by atomic mass is 9.96. The molecule has 30 heteroatoms. The van der Waals surface area contributed by atoms with E-state index in [0.29, 0.717) is 0 Å². The summed E-state index contributed by atoms with van der Waals surface area (Å²) in [5.41, 5.74) is 11.6. The first-order chi connectivity index (χ1) is 47.3. The van der Waals surface area contributed by atoms with Crippen LogP contribution >= 0.6 is 58.8 Å². The Morgan fingerprint density at radius 1 is 0.414 bits per heavy atom. The van der Waals surface area contributed by atoms with Gasteiger partial charge in [0, 0.05) is 84.2 Å². The minimum Gasteiger partial charge on any atom is -0.449 e. The summed E-state index contributed by atoms with van der Waals surface area (Å²) in [6.07, 6.45) is -1.90. The molecule has 6 aromatic rings. The fourth-order valence-corrected chi connectivity index (χ4v) is 15.4. The van der Waals surface area contributed by atoms with Crippen molar-refractivity contribution in [2.45, 2.75) is 64.0 Å². The highest BCUT2D eigenvalue weighted by molar-refractivity contribution is 8.14. The van der Waals surface area contributed by atoms with Crippen LogP contribution in [-0.2, 0) is 83.0 Å². The second kappa shape index (κ2) is 37.4. The average Bonchev–Trinajstić information content (AvgIpc) is 1.63. The van der Waals surface area contributed by atoms with Gasteiger partial charge >= 0.3 is 41.7 Å². The Morgan fingerprint density at radius 2 is 0.697 bits per heavy atom. The van der Waals surface area contributed by atoms with Gasteiger partial charge in [-0.2, -0.15) is 0 Å². The van der Waals surface area contributed by atoms with Crippen LogP contribution in [0.2, 0.25) is 0 Å². The van der Waals surface area contributed by atoms with Crippen molar-refractivity contribution in [1.82, 2.24) is 16.0 Å². The van der Waals surface area contributed by atoms with Crippen molar-refractivity contribution in [3.63, 3.8) is 0 Å². The number of thioether (sulfide) groups is 3. The van der Waals surface area contributed by atoms with Gasteiger partial charge in [0.25, 0.3) is 0 Å². The largest absolute Gasteiger partial charge is 0.474 e. The van der Waals surface area contributed by atoms with Crippen molar-refractivity contribution >= 4 is 92.4 Å². The fourth-order valence-electron chi connectivity index (χ4n) is 10.7. The molecule has 3 aliphatic rings. The van der Waals surface area contributed by atoms with Gasteiger partial charge in [-0.15, -0.1) is 0 Å². The monoisotopic (exact) mass is 1480 g/mol. The van der Waals surface area contributed by atoms with E-state index in [0.717, 1.165) is 102 Å². The highest BCUT2D eigenvalue weighted by atomic mass is 32.2. The minimum atomic E-state index is -3.58. The number of fused-ring (bicyclic) bond motifs is 9. The van der Waals surface area contributed by atoms with Crippen molar-refractivity contribution < 1.29 is 97.4 Å². The van der Waals surface area contributed by atoms with Crippen molar-refractivity contribution in [1.29, 1.82) is 0 Å². The Balaban J connectivity index is 0.000000209. The zero-order valence-corrected chi connectivity index (χ0v) is 62.0. The van der Waals surface area contributed by atoms with E-state index in [2.05, 4.69) is 91.6 Å². The number of phosphoric acid groups is 3. The highest BCUT2D eigenvalue weighted by Crippen LogP contribution is 2.51. The van der Waals surface area contributed by atoms with E-state index in [4.69, 9.17) is 27.8 Å². The van der Waals surface area contributed by atoms with Crippen LogP contribution in [0.15, 0.2) is 146 Å². The Kier molecular flexibility index (Phi) is 30.2. The molecule has 0 fully saturated rings. The zero-order chi connectivity index (χ0) is 72.0. The summed E-state index contributed by atoms with van der Waals surface area (Å²) in [7, 11) is -3.42. The molecule has 0 saturated heterocycles. The summed E-state index contributed by atoms with van der Waals surface area (Å²) in [5, 5.41) is 7.18. The number of alkyl carbamates (subject to hydrolysis) is 3. The SMILES string of the molecule is COP(=O)(OC)OCCSC(=O)C(C)(C)CNC(=O)OCC1c2ccccc2-c2ccccc21.COP(=O)(OC)OCCSC(=O)C(C)(C)NC(=O)OCC1c2ccccc2-c2ccccc21.COP(=O)(OC)OCCSC(=O)C(C)NC(=O)OCC1c2ccccc2-c2ccccc21. The van der Waals surface area contributed by atoms with Crippen LogP contribution in [0.25, 0.3) is 33.4 Å². The molecule has 0 aromatic heterocycles. The lowest BCUT2D eigenvalue weighted by Gasteiger charge is -2.24. The van der Waals surface area contributed by atoms with Gasteiger partial charge in [0.1, 0.15) is 25.4 Å². The number of ether oxygens (including phenoxy) is 3. The summed E-state index contributed by atoms with van der Waals surface area (Å²) < 4.78 is 95.1. The van der Waals surface area contributed by atoms with Crippen molar-refractivity contribution in [2.75, 3.05) is 106 Å². The van der Waals surface area contributed by atoms with Gasteiger partial charge in [0.2, 0.25) is 10.2 Å². The molecule has 99 heavy (non-hydrogen) atoms. The van der Waals surface area contributed by atoms with Crippen molar-refractivity contribution in [3.05, 3.63) is 179 Å². The number of rotatable bonds is 31. The van der Waals surface area contributed by atoms with Crippen LogP contribution in [-0.4, -0.2) is 151 Å². The maximum absolute atomic E-state index is 12.6. The van der Waals surface area contributed by atoms with E-state index >= 15 is 0 Å². The lowest BCUT2D eigenvalue weighted by molar-refractivity contribution is -0.118. The summed E-state index contributed by atoms with van der Waals surface area (Å²) >= 11 is 2.92. The van der Waals surface area contributed by atoms with E-state index in [-0.39, 0.29) is 96.5 Å². The first-order valence-corrected chi connectivity index (χ1v) is 38.6. The van der Waals surface area contributed by atoms with E-state index in [1.165, 1.54) is 42.7 Å². The molecule has 9 rings (SSSR count). The second-order valence-corrected chi connectivity index (χ2v) is 32.1. The van der Waals surface area contributed by atoms with Crippen LogP contribution < -0.4 is 16.0 Å². The minimum absolute atomic E-state index is 0.00692. The zero-order valence-electron chi connectivity index (χ0n) is 56.9. The molecule has 3 aliphatic carbocycles. The van der Waals surface area contributed by atoms with E-state index in [1.54, 1.807) is 34.6 Å². The molecular weight excluding hydrogens is 1400 g/mol. The molecule has 24 nitrogen and oxygen atoms in total. The van der Waals surface area contributed by atoms with Gasteiger partial charge in [-0.25, -0.2) is 28.1 Å². The van der Waals surface area contributed by atoms with E-state index in [1.807, 2.05) is 97.1 Å². The number of phosphoric ester groups is 3. The quantitative estimate of drug-likeness (QED) is 0.0207. The average molecular weight is 1480 g/mol.